The number of hydrogen-bond acceptors (Lipinski definition) is 3. The zero-order valence-corrected chi connectivity index (χ0v) is 11.7. The first-order chi connectivity index (χ1) is 9.06. The number of benzene rings is 1. The molecule has 0 fully saturated rings. The Morgan fingerprint density at radius 3 is 2.53 bits per heavy atom. The molecule has 0 saturated carbocycles. The minimum absolute atomic E-state index is 0.149. The van der Waals surface area contributed by atoms with Crippen molar-refractivity contribution in [2.24, 2.45) is 0 Å². The zero-order valence-electron chi connectivity index (χ0n) is 10.1. The Bertz CT molecular complexity index is 567. The number of Topliss-reactive ketones (excluding diaryl/α,β-unsaturated/α-hetero) is 1. The highest BCUT2D eigenvalue weighted by atomic mass is 35.5. The van der Waals surface area contributed by atoms with Crippen LogP contribution in [0.2, 0.25) is 10.0 Å². The number of hydrogen-bond donors (Lipinski definition) is 0. The van der Waals surface area contributed by atoms with E-state index in [1.54, 1.807) is 43.5 Å². The molecule has 0 radical (unpaired) electrons. The number of aromatic nitrogens is 1. The van der Waals surface area contributed by atoms with Gasteiger partial charge in [0.25, 0.3) is 0 Å². The monoisotopic (exact) mass is 295 g/mol. The third-order valence-corrected chi connectivity index (χ3v) is 2.90. The van der Waals surface area contributed by atoms with Crippen molar-refractivity contribution in [3.8, 4) is 5.75 Å². The van der Waals surface area contributed by atoms with Crippen molar-refractivity contribution in [2.75, 3.05) is 0 Å². The quantitative estimate of drug-likeness (QED) is 0.799. The van der Waals surface area contributed by atoms with Crippen LogP contribution in [-0.2, 0) is 0 Å². The third kappa shape index (κ3) is 3.69. The minimum Gasteiger partial charge on any atom is -0.482 e. The Morgan fingerprint density at radius 2 is 1.95 bits per heavy atom. The van der Waals surface area contributed by atoms with E-state index in [1.807, 2.05) is 0 Å². The highest BCUT2D eigenvalue weighted by molar-refractivity contribution is 6.34. The van der Waals surface area contributed by atoms with Gasteiger partial charge in [-0.15, -0.1) is 0 Å². The van der Waals surface area contributed by atoms with Gasteiger partial charge < -0.3 is 4.74 Å². The summed E-state index contributed by atoms with van der Waals surface area (Å²) in [6.45, 7) is 1.67. The van der Waals surface area contributed by atoms with E-state index in [-0.39, 0.29) is 5.78 Å². The first-order valence-corrected chi connectivity index (χ1v) is 6.39. The zero-order chi connectivity index (χ0) is 13.8. The van der Waals surface area contributed by atoms with Gasteiger partial charge in [-0.1, -0.05) is 23.2 Å². The lowest BCUT2D eigenvalue weighted by molar-refractivity contribution is 0.0817. The number of halogens is 2. The van der Waals surface area contributed by atoms with Crippen LogP contribution in [0.25, 0.3) is 0 Å². The summed E-state index contributed by atoms with van der Waals surface area (Å²) in [6, 6.07) is 8.22. The molecule has 1 aromatic heterocycles. The molecule has 5 heteroatoms. The highest BCUT2D eigenvalue weighted by Crippen LogP contribution is 2.25. The summed E-state index contributed by atoms with van der Waals surface area (Å²) in [7, 11) is 0. The van der Waals surface area contributed by atoms with Gasteiger partial charge in [0.05, 0.1) is 0 Å². The van der Waals surface area contributed by atoms with E-state index in [0.717, 1.165) is 0 Å². The molecule has 2 rings (SSSR count). The molecule has 0 saturated heterocycles. The molecule has 0 aliphatic heterocycles. The minimum atomic E-state index is -0.640. The molecule has 2 aromatic rings. The molecule has 1 heterocycles. The maximum absolute atomic E-state index is 12.1. The van der Waals surface area contributed by atoms with Gasteiger partial charge in [-0.05, 0) is 37.3 Å². The lowest BCUT2D eigenvalue weighted by Gasteiger charge is -2.14. The van der Waals surface area contributed by atoms with Gasteiger partial charge >= 0.3 is 0 Å². The molecule has 1 unspecified atom stereocenters. The van der Waals surface area contributed by atoms with E-state index in [0.29, 0.717) is 21.4 Å². The lowest BCUT2D eigenvalue weighted by atomic mass is 10.1. The number of rotatable bonds is 4. The topological polar surface area (TPSA) is 39.2 Å². The van der Waals surface area contributed by atoms with Gasteiger partial charge in [0.15, 0.2) is 6.10 Å². The molecule has 0 aliphatic carbocycles. The van der Waals surface area contributed by atoms with E-state index in [2.05, 4.69) is 4.98 Å². The van der Waals surface area contributed by atoms with Crippen LogP contribution in [0.1, 0.15) is 17.3 Å². The van der Waals surface area contributed by atoms with Crippen LogP contribution in [0.5, 0.6) is 5.75 Å². The molecule has 98 valence electrons. The molecule has 19 heavy (non-hydrogen) atoms. The van der Waals surface area contributed by atoms with Crippen molar-refractivity contribution in [1.29, 1.82) is 0 Å². The van der Waals surface area contributed by atoms with E-state index >= 15 is 0 Å². The molecule has 0 aliphatic rings. The summed E-state index contributed by atoms with van der Waals surface area (Å²) in [6.07, 6.45) is 2.48. The van der Waals surface area contributed by atoms with E-state index < -0.39 is 6.10 Å². The maximum atomic E-state index is 12.1. The predicted octanol–water partition coefficient (Wildman–Crippen LogP) is 4.04. The number of carbonyl (C=O) groups excluding carboxylic acids is 1. The largest absolute Gasteiger partial charge is 0.482 e. The van der Waals surface area contributed by atoms with Gasteiger partial charge in [-0.3, -0.25) is 9.78 Å². The summed E-state index contributed by atoms with van der Waals surface area (Å²) in [5.74, 6) is 0.312. The van der Waals surface area contributed by atoms with Gasteiger partial charge in [-0.2, -0.15) is 0 Å². The number of carbonyl (C=O) groups is 1. The predicted molar refractivity (Wildman–Crippen MR) is 75.1 cm³/mol. The van der Waals surface area contributed by atoms with E-state index in [4.69, 9.17) is 27.9 Å². The summed E-state index contributed by atoms with van der Waals surface area (Å²) < 4.78 is 5.55. The number of ether oxygens (including phenoxy) is 1. The van der Waals surface area contributed by atoms with Gasteiger partial charge in [0.2, 0.25) is 5.78 Å². The fourth-order valence-electron chi connectivity index (χ4n) is 1.60. The Balaban J connectivity index is 2.13. The number of pyridine rings is 1. The van der Waals surface area contributed by atoms with Gasteiger partial charge in [-0.25, -0.2) is 0 Å². The molecule has 0 spiro atoms. The average Bonchev–Trinajstić information content (AvgIpc) is 2.37. The molecule has 1 aromatic carbocycles. The molecule has 3 nitrogen and oxygen atoms in total. The first kappa shape index (κ1) is 13.8. The number of nitrogens with zero attached hydrogens (tertiary/aromatic N) is 1. The second kappa shape index (κ2) is 6.04. The van der Waals surface area contributed by atoms with Crippen LogP contribution >= 0.6 is 23.2 Å². The molecule has 0 amide bonds. The van der Waals surface area contributed by atoms with Crippen molar-refractivity contribution in [2.45, 2.75) is 13.0 Å². The van der Waals surface area contributed by atoms with Gasteiger partial charge in [0.1, 0.15) is 5.75 Å². The summed E-state index contributed by atoms with van der Waals surface area (Å²) in [5.41, 5.74) is 0.503. The first-order valence-electron chi connectivity index (χ1n) is 5.63. The summed E-state index contributed by atoms with van der Waals surface area (Å²) in [5, 5.41) is 0.923. The number of ketones is 1. The SMILES string of the molecule is CC(Oc1cc(Cl)cc(Cl)c1)C(=O)c1cccnc1. The van der Waals surface area contributed by atoms with Crippen LogP contribution in [0.15, 0.2) is 42.7 Å². The second-order valence-electron chi connectivity index (χ2n) is 3.97. The van der Waals surface area contributed by atoms with Crippen molar-refractivity contribution in [3.05, 3.63) is 58.3 Å². The van der Waals surface area contributed by atoms with Crippen LogP contribution in [0.3, 0.4) is 0 Å². The summed E-state index contributed by atoms with van der Waals surface area (Å²) in [4.78, 5) is 16.0. The van der Waals surface area contributed by atoms with Crippen LogP contribution in [0.4, 0.5) is 0 Å². The van der Waals surface area contributed by atoms with Crippen LogP contribution < -0.4 is 4.74 Å². The average molecular weight is 296 g/mol. The second-order valence-corrected chi connectivity index (χ2v) is 4.84. The van der Waals surface area contributed by atoms with Crippen molar-refractivity contribution in [1.82, 2.24) is 4.98 Å². The van der Waals surface area contributed by atoms with E-state index in [1.165, 1.54) is 6.20 Å². The molecular weight excluding hydrogens is 285 g/mol. The molecule has 0 bridgehead atoms. The Hall–Kier alpha value is -1.58. The van der Waals surface area contributed by atoms with E-state index in [9.17, 15) is 4.79 Å². The third-order valence-electron chi connectivity index (χ3n) is 2.46. The molecule has 1 atom stereocenters. The lowest BCUT2D eigenvalue weighted by Crippen LogP contribution is -2.24. The van der Waals surface area contributed by atoms with Crippen molar-refractivity contribution < 1.29 is 9.53 Å². The maximum Gasteiger partial charge on any atom is 0.204 e. The fraction of sp³-hybridized carbons (Fsp3) is 0.143. The normalized spacial score (nSPS) is 11.9. The van der Waals surface area contributed by atoms with Gasteiger partial charge in [0, 0.05) is 28.0 Å². The summed E-state index contributed by atoms with van der Waals surface area (Å²) >= 11 is 11.7. The Morgan fingerprint density at radius 1 is 1.26 bits per heavy atom. The standard InChI is InChI=1S/C14H11Cl2NO2/c1-9(14(18)10-3-2-4-17-8-10)19-13-6-11(15)5-12(16)7-13/h2-9H,1H3. The van der Waals surface area contributed by atoms with Crippen molar-refractivity contribution >= 4 is 29.0 Å². The smallest absolute Gasteiger partial charge is 0.204 e. The van der Waals surface area contributed by atoms with Crippen LogP contribution in [0, 0.1) is 0 Å². The highest BCUT2D eigenvalue weighted by Gasteiger charge is 2.17. The van der Waals surface area contributed by atoms with Crippen LogP contribution in [-0.4, -0.2) is 16.9 Å². The Labute approximate surface area is 121 Å². The molecule has 0 N–H and O–H groups in total. The van der Waals surface area contributed by atoms with Crippen molar-refractivity contribution in [3.63, 3.8) is 0 Å². The molecular formula is C14H11Cl2NO2. The fourth-order valence-corrected chi connectivity index (χ4v) is 2.10. The Kier molecular flexibility index (Phi) is 4.40.